The first kappa shape index (κ1) is 12.4. The fraction of sp³-hybridized carbons (Fsp3) is 0.364. The lowest BCUT2D eigenvalue weighted by atomic mass is 10.2. The first-order chi connectivity index (χ1) is 7.13. The molecule has 0 fully saturated rings. The van der Waals surface area contributed by atoms with Gasteiger partial charge in [-0.3, -0.25) is 4.79 Å². The van der Waals surface area contributed by atoms with Gasteiger partial charge in [0.2, 0.25) is 5.91 Å². The van der Waals surface area contributed by atoms with Gasteiger partial charge in [-0.2, -0.15) is 0 Å². The monoisotopic (exact) mass is 319 g/mol. The van der Waals surface area contributed by atoms with Crippen LogP contribution in [0.3, 0.4) is 0 Å². The van der Waals surface area contributed by atoms with Crippen LogP contribution in [-0.4, -0.2) is 19.1 Å². The molecular formula is C11H14INO2. The minimum atomic E-state index is -0.110. The fourth-order valence-electron chi connectivity index (χ4n) is 1.15. The number of carbonyl (C=O) groups excluding carboxylic acids is 1. The summed E-state index contributed by atoms with van der Waals surface area (Å²) in [6.45, 7) is 4.50. The van der Waals surface area contributed by atoms with Crippen molar-refractivity contribution in [3.63, 3.8) is 0 Å². The summed E-state index contributed by atoms with van der Waals surface area (Å²) < 4.78 is 6.18. The fourth-order valence-corrected chi connectivity index (χ4v) is 1.80. The van der Waals surface area contributed by atoms with Gasteiger partial charge in [-0.25, -0.2) is 0 Å². The molecule has 1 aromatic rings. The molecule has 1 rings (SSSR count). The Kier molecular flexibility index (Phi) is 5.04. The zero-order valence-corrected chi connectivity index (χ0v) is 11.0. The van der Waals surface area contributed by atoms with Gasteiger partial charge < -0.3 is 10.1 Å². The quantitative estimate of drug-likeness (QED) is 0.866. The number of aryl methyl sites for hydroxylation is 1. The molecule has 0 aliphatic rings. The molecule has 0 bridgehead atoms. The Morgan fingerprint density at radius 3 is 2.87 bits per heavy atom. The molecule has 0 atom stereocenters. The predicted molar refractivity (Wildman–Crippen MR) is 69.0 cm³/mol. The summed E-state index contributed by atoms with van der Waals surface area (Å²) in [5, 5.41) is 2.80. The van der Waals surface area contributed by atoms with Gasteiger partial charge in [0.15, 0.2) is 0 Å². The maximum atomic E-state index is 11.4. The molecule has 0 aromatic heterocycles. The number of halogens is 1. The first-order valence-electron chi connectivity index (χ1n) is 4.77. The molecule has 0 saturated heterocycles. The van der Waals surface area contributed by atoms with E-state index in [9.17, 15) is 4.79 Å². The van der Waals surface area contributed by atoms with E-state index < -0.39 is 0 Å². The van der Waals surface area contributed by atoms with Crippen LogP contribution in [0, 0.1) is 10.5 Å². The summed E-state index contributed by atoms with van der Waals surface area (Å²) in [6.07, 6.45) is 0. The van der Waals surface area contributed by atoms with Gasteiger partial charge >= 0.3 is 0 Å². The minimum absolute atomic E-state index is 0.110. The summed E-state index contributed by atoms with van der Waals surface area (Å²) >= 11 is 2.24. The van der Waals surface area contributed by atoms with Crippen molar-refractivity contribution in [2.45, 2.75) is 13.8 Å². The zero-order valence-electron chi connectivity index (χ0n) is 8.84. The second-order valence-electron chi connectivity index (χ2n) is 3.14. The second-order valence-corrected chi connectivity index (χ2v) is 4.39. The van der Waals surface area contributed by atoms with Crippen LogP contribution in [0.1, 0.15) is 12.5 Å². The third-order valence-corrected chi connectivity index (χ3v) is 2.57. The lowest BCUT2D eigenvalue weighted by Crippen LogP contribution is -2.18. The third-order valence-electron chi connectivity index (χ3n) is 1.90. The van der Waals surface area contributed by atoms with Crippen LogP contribution >= 0.6 is 22.6 Å². The second kappa shape index (κ2) is 6.07. The Morgan fingerprint density at radius 2 is 2.27 bits per heavy atom. The maximum absolute atomic E-state index is 11.4. The summed E-state index contributed by atoms with van der Waals surface area (Å²) in [5.74, 6) is -0.110. The molecule has 0 unspecified atom stereocenters. The molecule has 3 nitrogen and oxygen atoms in total. The van der Waals surface area contributed by atoms with Gasteiger partial charge in [-0.05, 0) is 60.2 Å². The Bertz CT molecular complexity index is 352. The van der Waals surface area contributed by atoms with Gasteiger partial charge in [-0.15, -0.1) is 0 Å². The van der Waals surface area contributed by atoms with Crippen LogP contribution in [-0.2, 0) is 9.53 Å². The van der Waals surface area contributed by atoms with Crippen LogP contribution in [0.15, 0.2) is 18.2 Å². The van der Waals surface area contributed by atoms with E-state index in [4.69, 9.17) is 4.74 Å². The molecule has 4 heteroatoms. The van der Waals surface area contributed by atoms with E-state index in [1.54, 1.807) is 0 Å². The van der Waals surface area contributed by atoms with E-state index >= 15 is 0 Å². The van der Waals surface area contributed by atoms with Crippen molar-refractivity contribution in [1.82, 2.24) is 0 Å². The number of carbonyl (C=O) groups is 1. The van der Waals surface area contributed by atoms with Gasteiger partial charge in [0.25, 0.3) is 0 Å². The number of ether oxygens (including phenoxy) is 1. The third kappa shape index (κ3) is 4.17. The highest BCUT2D eigenvalue weighted by molar-refractivity contribution is 14.1. The lowest BCUT2D eigenvalue weighted by molar-refractivity contribution is -0.120. The molecule has 0 heterocycles. The molecule has 1 aromatic carbocycles. The van der Waals surface area contributed by atoms with Gasteiger partial charge in [0, 0.05) is 15.9 Å². The highest BCUT2D eigenvalue weighted by Crippen LogP contribution is 2.17. The summed E-state index contributed by atoms with van der Waals surface area (Å²) in [4.78, 5) is 11.4. The molecule has 0 aliphatic heterocycles. The van der Waals surface area contributed by atoms with Crippen LogP contribution in [0.25, 0.3) is 0 Å². The number of anilines is 1. The maximum Gasteiger partial charge on any atom is 0.250 e. The number of rotatable bonds is 4. The van der Waals surface area contributed by atoms with Gasteiger partial charge in [-0.1, -0.05) is 0 Å². The van der Waals surface area contributed by atoms with E-state index in [-0.39, 0.29) is 12.5 Å². The van der Waals surface area contributed by atoms with Gasteiger partial charge in [0.1, 0.15) is 6.61 Å². The van der Waals surface area contributed by atoms with E-state index in [1.807, 2.05) is 32.0 Å². The van der Waals surface area contributed by atoms with E-state index in [1.165, 1.54) is 0 Å². The van der Waals surface area contributed by atoms with Crippen molar-refractivity contribution < 1.29 is 9.53 Å². The van der Waals surface area contributed by atoms with Crippen molar-refractivity contribution >= 4 is 34.2 Å². The molecule has 0 spiro atoms. The largest absolute Gasteiger partial charge is 0.372 e. The summed E-state index contributed by atoms with van der Waals surface area (Å²) in [6, 6.07) is 5.89. The Balaban J connectivity index is 2.60. The normalized spacial score (nSPS) is 10.1. The van der Waals surface area contributed by atoms with Crippen molar-refractivity contribution in [1.29, 1.82) is 0 Å². The average Bonchev–Trinajstić information content (AvgIpc) is 2.19. The molecule has 15 heavy (non-hydrogen) atoms. The van der Waals surface area contributed by atoms with Crippen LogP contribution < -0.4 is 5.32 Å². The summed E-state index contributed by atoms with van der Waals surface area (Å²) in [5.41, 5.74) is 1.91. The Hall–Kier alpha value is -0.620. The van der Waals surface area contributed by atoms with Crippen LogP contribution in [0.2, 0.25) is 0 Å². The standard InChI is InChI=1S/C11H14INO2/c1-3-15-7-11(14)13-10-5-4-9(12)6-8(10)2/h4-6H,3,7H2,1-2H3,(H,13,14). The number of nitrogens with one attached hydrogen (secondary N) is 1. The van der Waals surface area contributed by atoms with Crippen molar-refractivity contribution in [3.8, 4) is 0 Å². The van der Waals surface area contributed by atoms with E-state index in [0.29, 0.717) is 6.61 Å². The molecule has 0 radical (unpaired) electrons. The smallest absolute Gasteiger partial charge is 0.250 e. The molecule has 82 valence electrons. The molecule has 1 amide bonds. The number of amides is 1. The molecule has 0 aliphatic carbocycles. The highest BCUT2D eigenvalue weighted by Gasteiger charge is 2.04. The van der Waals surface area contributed by atoms with E-state index in [0.717, 1.165) is 14.8 Å². The number of hydrogen-bond acceptors (Lipinski definition) is 2. The minimum Gasteiger partial charge on any atom is -0.372 e. The number of hydrogen-bond donors (Lipinski definition) is 1. The first-order valence-corrected chi connectivity index (χ1v) is 5.85. The summed E-state index contributed by atoms with van der Waals surface area (Å²) in [7, 11) is 0. The van der Waals surface area contributed by atoms with Crippen molar-refractivity contribution in [2.24, 2.45) is 0 Å². The lowest BCUT2D eigenvalue weighted by Gasteiger charge is -2.08. The molecule has 0 saturated carbocycles. The highest BCUT2D eigenvalue weighted by atomic mass is 127. The Morgan fingerprint density at radius 1 is 1.53 bits per heavy atom. The molecule has 1 N–H and O–H groups in total. The topological polar surface area (TPSA) is 38.3 Å². The number of benzene rings is 1. The van der Waals surface area contributed by atoms with Gasteiger partial charge in [0.05, 0.1) is 0 Å². The van der Waals surface area contributed by atoms with E-state index in [2.05, 4.69) is 27.9 Å². The van der Waals surface area contributed by atoms with Crippen LogP contribution in [0.5, 0.6) is 0 Å². The zero-order chi connectivity index (χ0) is 11.3. The average molecular weight is 319 g/mol. The predicted octanol–water partition coefficient (Wildman–Crippen LogP) is 2.57. The Labute approximate surface area is 103 Å². The SMILES string of the molecule is CCOCC(=O)Nc1ccc(I)cc1C. The van der Waals surface area contributed by atoms with Crippen molar-refractivity contribution in [3.05, 3.63) is 27.3 Å². The van der Waals surface area contributed by atoms with Crippen molar-refractivity contribution in [2.75, 3.05) is 18.5 Å². The van der Waals surface area contributed by atoms with Crippen LogP contribution in [0.4, 0.5) is 5.69 Å². The molecular weight excluding hydrogens is 305 g/mol.